The van der Waals surface area contributed by atoms with Crippen LogP contribution in [0.1, 0.15) is 55.6 Å². The molecule has 3 heterocycles. The van der Waals surface area contributed by atoms with Gasteiger partial charge in [-0.2, -0.15) is 10.4 Å². The van der Waals surface area contributed by atoms with Crippen molar-refractivity contribution in [1.82, 2.24) is 19.5 Å². The first-order valence-electron chi connectivity index (χ1n) is 11.2. The average Bonchev–Trinajstić information content (AvgIpc) is 3.46. The summed E-state index contributed by atoms with van der Waals surface area (Å²) in [4.78, 5) is 18.6. The van der Waals surface area contributed by atoms with Gasteiger partial charge in [0, 0.05) is 36.8 Å². The van der Waals surface area contributed by atoms with Gasteiger partial charge in [-0.05, 0) is 51.3 Å². The van der Waals surface area contributed by atoms with Gasteiger partial charge < -0.3 is 19.1 Å². The molecule has 0 bridgehead atoms. The summed E-state index contributed by atoms with van der Waals surface area (Å²) in [5, 5.41) is 14.4. The molecular formula is C26H27N5O4. The van der Waals surface area contributed by atoms with Crippen LogP contribution >= 0.6 is 0 Å². The number of carbonyl (C=O) groups excluding carboxylic acids is 1. The maximum atomic E-state index is 12.5. The zero-order valence-corrected chi connectivity index (χ0v) is 20.5. The SMILES string of the molecule is COc1cc(C#Cc2nn3c(C4CCN(C(=O)OC(C)(C)C)C4)ccnc3c2C#N)cc(OC)c1. The molecule has 9 nitrogen and oxygen atoms in total. The van der Waals surface area contributed by atoms with Crippen molar-refractivity contribution in [2.45, 2.75) is 38.7 Å². The van der Waals surface area contributed by atoms with Crippen LogP contribution in [0.5, 0.6) is 11.5 Å². The molecule has 1 aliphatic heterocycles. The van der Waals surface area contributed by atoms with E-state index in [1.54, 1.807) is 48.0 Å². The number of benzene rings is 1. The van der Waals surface area contributed by atoms with Crippen molar-refractivity contribution in [3.63, 3.8) is 0 Å². The minimum Gasteiger partial charge on any atom is -0.497 e. The highest BCUT2D eigenvalue weighted by Crippen LogP contribution is 2.29. The van der Waals surface area contributed by atoms with Crippen molar-refractivity contribution in [3.8, 4) is 29.4 Å². The van der Waals surface area contributed by atoms with Gasteiger partial charge in [-0.15, -0.1) is 0 Å². The lowest BCUT2D eigenvalue weighted by Crippen LogP contribution is -2.35. The highest BCUT2D eigenvalue weighted by Gasteiger charge is 2.32. The molecule has 1 unspecified atom stereocenters. The number of ether oxygens (including phenoxy) is 3. The number of methoxy groups -OCH3 is 2. The van der Waals surface area contributed by atoms with Crippen molar-refractivity contribution in [2.75, 3.05) is 27.3 Å². The van der Waals surface area contributed by atoms with Crippen molar-refractivity contribution >= 4 is 11.7 Å². The quantitative estimate of drug-likeness (QED) is 0.534. The van der Waals surface area contributed by atoms with E-state index in [9.17, 15) is 10.1 Å². The highest BCUT2D eigenvalue weighted by molar-refractivity contribution is 5.69. The number of likely N-dealkylation sites (tertiary alicyclic amines) is 1. The van der Waals surface area contributed by atoms with Gasteiger partial charge in [0.2, 0.25) is 0 Å². The molecule has 4 rings (SSSR count). The van der Waals surface area contributed by atoms with Crippen molar-refractivity contribution < 1.29 is 19.0 Å². The smallest absolute Gasteiger partial charge is 0.410 e. The predicted octanol–water partition coefficient (Wildman–Crippen LogP) is 3.74. The second-order valence-electron chi connectivity index (χ2n) is 9.20. The van der Waals surface area contributed by atoms with Crippen LogP contribution in [0.4, 0.5) is 4.79 Å². The zero-order valence-electron chi connectivity index (χ0n) is 20.5. The Labute approximate surface area is 204 Å². The van der Waals surface area contributed by atoms with E-state index in [0.717, 1.165) is 12.1 Å². The van der Waals surface area contributed by atoms with E-state index in [-0.39, 0.29) is 12.0 Å². The Hall–Kier alpha value is -4.24. The van der Waals surface area contributed by atoms with Crippen molar-refractivity contribution in [3.05, 3.63) is 53.0 Å². The fraction of sp³-hybridized carbons (Fsp3) is 0.385. The molecule has 1 amide bonds. The van der Waals surface area contributed by atoms with Gasteiger partial charge >= 0.3 is 6.09 Å². The van der Waals surface area contributed by atoms with E-state index in [1.165, 1.54) is 0 Å². The Morgan fingerprint density at radius 2 is 1.86 bits per heavy atom. The van der Waals surface area contributed by atoms with E-state index >= 15 is 0 Å². The molecule has 3 aromatic rings. The van der Waals surface area contributed by atoms with Crippen LogP contribution in [0, 0.1) is 23.2 Å². The summed E-state index contributed by atoms with van der Waals surface area (Å²) in [7, 11) is 3.14. The molecular weight excluding hydrogens is 446 g/mol. The topological polar surface area (TPSA) is 102 Å². The van der Waals surface area contributed by atoms with Gasteiger partial charge in [-0.25, -0.2) is 14.3 Å². The van der Waals surface area contributed by atoms with Gasteiger partial charge in [0.25, 0.3) is 0 Å². The number of nitrogens with zero attached hydrogens (tertiary/aromatic N) is 5. The van der Waals surface area contributed by atoms with Crippen molar-refractivity contribution in [1.29, 1.82) is 5.26 Å². The Balaban J connectivity index is 1.66. The summed E-state index contributed by atoms with van der Waals surface area (Å²) < 4.78 is 17.8. The number of fused-ring (bicyclic) bond motifs is 1. The third kappa shape index (κ3) is 5.15. The summed E-state index contributed by atoms with van der Waals surface area (Å²) >= 11 is 0. The summed E-state index contributed by atoms with van der Waals surface area (Å²) in [5.41, 5.74) is 2.05. The Morgan fingerprint density at radius 3 is 2.49 bits per heavy atom. The van der Waals surface area contributed by atoms with Crippen LogP contribution in [0.25, 0.3) is 5.65 Å². The van der Waals surface area contributed by atoms with Gasteiger partial charge in [-0.1, -0.05) is 5.92 Å². The average molecular weight is 474 g/mol. The van der Waals surface area contributed by atoms with Gasteiger partial charge in [0.1, 0.15) is 28.7 Å². The monoisotopic (exact) mass is 473 g/mol. The molecule has 1 saturated heterocycles. The molecule has 2 aromatic heterocycles. The minimum absolute atomic E-state index is 0.0305. The zero-order chi connectivity index (χ0) is 25.2. The molecule has 1 atom stereocenters. The van der Waals surface area contributed by atoms with Crippen LogP contribution in [0.15, 0.2) is 30.5 Å². The molecule has 0 N–H and O–H groups in total. The van der Waals surface area contributed by atoms with Gasteiger partial charge in [0.15, 0.2) is 11.3 Å². The highest BCUT2D eigenvalue weighted by atomic mass is 16.6. The lowest BCUT2D eigenvalue weighted by molar-refractivity contribution is 0.0292. The maximum absolute atomic E-state index is 12.5. The largest absolute Gasteiger partial charge is 0.497 e. The number of aromatic nitrogens is 3. The second kappa shape index (κ2) is 9.55. The molecule has 0 aliphatic carbocycles. The molecule has 1 fully saturated rings. The second-order valence-corrected chi connectivity index (χ2v) is 9.20. The van der Waals surface area contributed by atoms with Crippen LogP contribution in [-0.4, -0.2) is 58.5 Å². The van der Waals surface area contributed by atoms with E-state index in [1.807, 2.05) is 26.8 Å². The van der Waals surface area contributed by atoms with E-state index in [2.05, 4.69) is 28.0 Å². The fourth-order valence-electron chi connectivity index (χ4n) is 3.97. The third-order valence-corrected chi connectivity index (χ3v) is 5.59. The predicted molar refractivity (Wildman–Crippen MR) is 128 cm³/mol. The van der Waals surface area contributed by atoms with E-state index < -0.39 is 5.60 Å². The molecule has 180 valence electrons. The summed E-state index contributed by atoms with van der Waals surface area (Å²) in [6.45, 7) is 6.63. The van der Waals surface area contributed by atoms with Gasteiger partial charge in [0.05, 0.1) is 19.9 Å². The Kier molecular flexibility index (Phi) is 6.52. The first-order valence-corrected chi connectivity index (χ1v) is 11.2. The normalized spacial score (nSPS) is 15.3. The summed E-state index contributed by atoms with van der Waals surface area (Å²) in [6.07, 6.45) is 2.08. The van der Waals surface area contributed by atoms with Crippen LogP contribution in [0.2, 0.25) is 0 Å². The number of nitriles is 1. The molecule has 0 radical (unpaired) electrons. The number of rotatable bonds is 3. The number of amides is 1. The molecule has 0 saturated carbocycles. The fourth-order valence-corrected chi connectivity index (χ4v) is 3.97. The van der Waals surface area contributed by atoms with Crippen LogP contribution < -0.4 is 9.47 Å². The first-order chi connectivity index (χ1) is 16.7. The van der Waals surface area contributed by atoms with E-state index in [0.29, 0.717) is 47.1 Å². The first kappa shape index (κ1) is 23.9. The molecule has 0 spiro atoms. The Morgan fingerprint density at radius 1 is 1.14 bits per heavy atom. The third-order valence-electron chi connectivity index (χ3n) is 5.59. The molecule has 1 aliphatic rings. The number of hydrogen-bond donors (Lipinski definition) is 0. The molecule has 1 aromatic carbocycles. The number of hydrogen-bond acceptors (Lipinski definition) is 7. The summed E-state index contributed by atoms with van der Waals surface area (Å²) in [6, 6.07) is 9.38. The van der Waals surface area contributed by atoms with Crippen LogP contribution in [-0.2, 0) is 4.74 Å². The molecule has 9 heteroatoms. The number of carbonyl (C=O) groups is 1. The molecule has 35 heavy (non-hydrogen) atoms. The standard InChI is InChI=1S/C26H27N5O4/c1-26(2,3)35-25(32)30-11-9-18(16-30)23-8-10-28-24-21(15-27)22(29-31(23)24)7-6-17-12-19(33-4)14-20(13-17)34-5/h8,10,12-14,18H,9,11,16H2,1-5H3. The lowest BCUT2D eigenvalue weighted by atomic mass is 10.0. The Bertz CT molecular complexity index is 1350. The van der Waals surface area contributed by atoms with Gasteiger partial charge in [-0.3, -0.25) is 0 Å². The van der Waals surface area contributed by atoms with E-state index in [4.69, 9.17) is 14.2 Å². The van der Waals surface area contributed by atoms with Crippen LogP contribution in [0.3, 0.4) is 0 Å². The summed E-state index contributed by atoms with van der Waals surface area (Å²) in [5.74, 6) is 7.31. The maximum Gasteiger partial charge on any atom is 0.410 e. The minimum atomic E-state index is -0.552. The van der Waals surface area contributed by atoms with Crippen molar-refractivity contribution in [2.24, 2.45) is 0 Å². The lowest BCUT2D eigenvalue weighted by Gasteiger charge is -2.24.